The molecular formula is C13H12Br2N2S. The molecule has 0 saturated carbocycles. The van der Waals surface area contributed by atoms with Gasteiger partial charge in [-0.25, -0.2) is 4.98 Å². The number of hydrogen-bond acceptors (Lipinski definition) is 3. The summed E-state index contributed by atoms with van der Waals surface area (Å²) in [7, 11) is 1.95. The zero-order valence-corrected chi connectivity index (χ0v) is 13.8. The van der Waals surface area contributed by atoms with E-state index in [1.165, 1.54) is 5.56 Å². The van der Waals surface area contributed by atoms with Crippen LogP contribution in [-0.4, -0.2) is 12.0 Å². The van der Waals surface area contributed by atoms with Gasteiger partial charge in [-0.3, -0.25) is 0 Å². The third-order valence-corrected chi connectivity index (χ3v) is 5.22. The number of benzene rings is 1. The van der Waals surface area contributed by atoms with Crippen LogP contribution in [0.15, 0.2) is 55.4 Å². The monoisotopic (exact) mass is 386 g/mol. The largest absolute Gasteiger partial charge is 0.316 e. The molecule has 0 bridgehead atoms. The minimum absolute atomic E-state index is 0.872. The zero-order chi connectivity index (χ0) is 13.0. The second-order valence-electron chi connectivity index (χ2n) is 3.69. The van der Waals surface area contributed by atoms with Crippen LogP contribution in [0.25, 0.3) is 0 Å². The Morgan fingerprint density at radius 3 is 2.72 bits per heavy atom. The van der Waals surface area contributed by atoms with Crippen LogP contribution in [0.1, 0.15) is 5.56 Å². The van der Waals surface area contributed by atoms with Gasteiger partial charge in [-0.2, -0.15) is 0 Å². The van der Waals surface area contributed by atoms with Gasteiger partial charge in [-0.15, -0.1) is 0 Å². The molecule has 0 fully saturated rings. The zero-order valence-electron chi connectivity index (χ0n) is 9.78. The smallest absolute Gasteiger partial charge is 0.115 e. The summed E-state index contributed by atoms with van der Waals surface area (Å²) in [6, 6.07) is 10.3. The summed E-state index contributed by atoms with van der Waals surface area (Å²) in [4.78, 5) is 5.52. The molecule has 1 heterocycles. The third kappa shape index (κ3) is 3.57. The first-order chi connectivity index (χ1) is 8.70. The van der Waals surface area contributed by atoms with Crippen molar-refractivity contribution in [3.63, 3.8) is 0 Å². The lowest BCUT2D eigenvalue weighted by atomic mass is 10.2. The first-order valence-corrected chi connectivity index (χ1v) is 7.82. The van der Waals surface area contributed by atoms with Gasteiger partial charge in [-0.1, -0.05) is 17.8 Å². The lowest BCUT2D eigenvalue weighted by Gasteiger charge is -2.07. The van der Waals surface area contributed by atoms with Gasteiger partial charge in [0, 0.05) is 22.1 Å². The summed E-state index contributed by atoms with van der Waals surface area (Å²) in [5.74, 6) is 0. The number of aromatic nitrogens is 1. The fourth-order valence-electron chi connectivity index (χ4n) is 1.49. The highest BCUT2D eigenvalue weighted by Gasteiger charge is 2.07. The van der Waals surface area contributed by atoms with E-state index in [2.05, 4.69) is 60.4 Å². The van der Waals surface area contributed by atoms with Crippen molar-refractivity contribution in [2.24, 2.45) is 0 Å². The molecule has 2 rings (SSSR count). The van der Waals surface area contributed by atoms with Gasteiger partial charge in [0.15, 0.2) is 0 Å². The van der Waals surface area contributed by atoms with Crippen LogP contribution < -0.4 is 5.32 Å². The number of pyridine rings is 1. The average molecular weight is 388 g/mol. The standard InChI is InChI=1S/C13H12Br2N2S/c1-16-8-9-4-5-12(11(15)7-9)18-13-10(14)3-2-6-17-13/h2-7,16H,8H2,1H3. The Hall–Kier alpha value is -0.360. The minimum Gasteiger partial charge on any atom is -0.316 e. The van der Waals surface area contributed by atoms with Crippen molar-refractivity contribution in [3.8, 4) is 0 Å². The second-order valence-corrected chi connectivity index (χ2v) is 6.43. The predicted octanol–water partition coefficient (Wildman–Crippen LogP) is 4.48. The molecule has 0 amide bonds. The van der Waals surface area contributed by atoms with Gasteiger partial charge in [0.1, 0.15) is 5.03 Å². The predicted molar refractivity (Wildman–Crippen MR) is 83.0 cm³/mol. The fraction of sp³-hybridized carbons (Fsp3) is 0.154. The Labute approximate surface area is 128 Å². The van der Waals surface area contributed by atoms with Gasteiger partial charge in [0.2, 0.25) is 0 Å². The molecule has 18 heavy (non-hydrogen) atoms. The molecule has 0 aliphatic rings. The average Bonchev–Trinajstić information content (AvgIpc) is 2.35. The highest BCUT2D eigenvalue weighted by molar-refractivity contribution is 9.11. The number of halogens is 2. The summed E-state index contributed by atoms with van der Waals surface area (Å²) >= 11 is 8.76. The quantitative estimate of drug-likeness (QED) is 0.837. The molecule has 5 heteroatoms. The molecule has 0 spiro atoms. The molecule has 0 radical (unpaired) electrons. The number of hydrogen-bond donors (Lipinski definition) is 1. The van der Waals surface area contributed by atoms with Gasteiger partial charge in [0.05, 0.1) is 4.47 Å². The van der Waals surface area contributed by atoms with Gasteiger partial charge in [0.25, 0.3) is 0 Å². The van der Waals surface area contributed by atoms with E-state index in [-0.39, 0.29) is 0 Å². The number of rotatable bonds is 4. The Kier molecular flexibility index (Phi) is 5.24. The summed E-state index contributed by atoms with van der Waals surface area (Å²) in [5.41, 5.74) is 1.26. The number of nitrogens with zero attached hydrogens (tertiary/aromatic N) is 1. The van der Waals surface area contributed by atoms with E-state index in [9.17, 15) is 0 Å². The van der Waals surface area contributed by atoms with E-state index in [1.54, 1.807) is 18.0 Å². The van der Waals surface area contributed by atoms with E-state index in [1.807, 2.05) is 19.2 Å². The lowest BCUT2D eigenvalue weighted by molar-refractivity contribution is 0.816. The summed E-state index contributed by atoms with van der Waals surface area (Å²) in [5, 5.41) is 4.11. The molecule has 0 unspecified atom stereocenters. The minimum atomic E-state index is 0.872. The van der Waals surface area contributed by atoms with Gasteiger partial charge >= 0.3 is 0 Å². The highest BCUT2D eigenvalue weighted by Crippen LogP contribution is 2.36. The Morgan fingerprint density at radius 2 is 2.06 bits per heavy atom. The van der Waals surface area contributed by atoms with Gasteiger partial charge < -0.3 is 5.32 Å². The number of nitrogens with one attached hydrogen (secondary N) is 1. The Bertz CT molecular complexity index is 546. The van der Waals surface area contributed by atoms with E-state index >= 15 is 0 Å². The molecule has 94 valence electrons. The maximum atomic E-state index is 4.36. The molecular weight excluding hydrogens is 376 g/mol. The molecule has 2 nitrogen and oxygen atoms in total. The topological polar surface area (TPSA) is 24.9 Å². The van der Waals surface area contributed by atoms with E-state index in [0.29, 0.717) is 0 Å². The first-order valence-electron chi connectivity index (χ1n) is 5.42. The molecule has 1 aromatic heterocycles. The van der Waals surface area contributed by atoms with E-state index in [4.69, 9.17) is 0 Å². The Balaban J connectivity index is 2.22. The van der Waals surface area contributed by atoms with Crippen molar-refractivity contribution in [1.82, 2.24) is 10.3 Å². The van der Waals surface area contributed by atoms with Crippen LogP contribution in [-0.2, 0) is 6.54 Å². The van der Waals surface area contributed by atoms with Crippen molar-refractivity contribution >= 4 is 43.6 Å². The molecule has 1 N–H and O–H groups in total. The van der Waals surface area contributed by atoms with Crippen molar-refractivity contribution in [2.45, 2.75) is 16.5 Å². The van der Waals surface area contributed by atoms with Crippen molar-refractivity contribution < 1.29 is 0 Å². The van der Waals surface area contributed by atoms with Crippen molar-refractivity contribution in [1.29, 1.82) is 0 Å². The van der Waals surface area contributed by atoms with Gasteiger partial charge in [-0.05, 0) is 68.7 Å². The molecule has 2 aromatic rings. The van der Waals surface area contributed by atoms with E-state index in [0.717, 1.165) is 25.4 Å². The van der Waals surface area contributed by atoms with E-state index < -0.39 is 0 Å². The van der Waals surface area contributed by atoms with Crippen molar-refractivity contribution in [2.75, 3.05) is 7.05 Å². The van der Waals surface area contributed by atoms with Crippen molar-refractivity contribution in [3.05, 3.63) is 51.0 Å². The molecule has 0 saturated heterocycles. The second kappa shape index (κ2) is 6.70. The molecule has 1 aromatic carbocycles. The summed E-state index contributed by atoms with van der Waals surface area (Å²) in [6.07, 6.45) is 1.80. The highest BCUT2D eigenvalue weighted by atomic mass is 79.9. The molecule has 0 aliphatic carbocycles. The maximum absolute atomic E-state index is 4.36. The maximum Gasteiger partial charge on any atom is 0.115 e. The SMILES string of the molecule is CNCc1ccc(Sc2ncccc2Br)c(Br)c1. The Morgan fingerprint density at radius 1 is 1.22 bits per heavy atom. The lowest BCUT2D eigenvalue weighted by Crippen LogP contribution is -2.04. The van der Waals surface area contributed by atoms with Crippen LogP contribution >= 0.6 is 43.6 Å². The van der Waals surface area contributed by atoms with Crippen LogP contribution in [0, 0.1) is 0 Å². The van der Waals surface area contributed by atoms with Crippen LogP contribution in [0.2, 0.25) is 0 Å². The van der Waals surface area contributed by atoms with Crippen LogP contribution in [0.5, 0.6) is 0 Å². The van der Waals surface area contributed by atoms with Crippen LogP contribution in [0.4, 0.5) is 0 Å². The van der Waals surface area contributed by atoms with Crippen LogP contribution in [0.3, 0.4) is 0 Å². The molecule has 0 atom stereocenters. The summed E-state index contributed by atoms with van der Waals surface area (Å²) < 4.78 is 2.11. The summed E-state index contributed by atoms with van der Waals surface area (Å²) in [6.45, 7) is 0.872. The first kappa shape index (κ1) is 14.1. The fourth-order valence-corrected chi connectivity index (χ4v) is 3.44. The normalized spacial score (nSPS) is 10.6. The molecule has 0 aliphatic heterocycles. The third-order valence-electron chi connectivity index (χ3n) is 2.31.